The van der Waals surface area contributed by atoms with Crippen LogP contribution in [0.3, 0.4) is 0 Å². The van der Waals surface area contributed by atoms with E-state index in [1.165, 1.54) is 6.42 Å². The molecule has 0 N–H and O–H groups in total. The zero-order valence-electron chi connectivity index (χ0n) is 13.3. The number of halogens is 1. The average Bonchev–Trinajstić information content (AvgIpc) is 2.95. The van der Waals surface area contributed by atoms with Crippen LogP contribution in [-0.2, 0) is 0 Å². The summed E-state index contributed by atoms with van der Waals surface area (Å²) in [6.07, 6.45) is 1.29. The lowest BCUT2D eigenvalue weighted by molar-refractivity contribution is 0.0903. The van der Waals surface area contributed by atoms with E-state index >= 15 is 0 Å². The Labute approximate surface area is 136 Å². The zero-order valence-corrected chi connectivity index (χ0v) is 14.0. The molecule has 0 radical (unpaired) electrons. The van der Waals surface area contributed by atoms with E-state index in [2.05, 4.69) is 35.9 Å². The van der Waals surface area contributed by atoms with Crippen molar-refractivity contribution in [1.82, 2.24) is 15.1 Å². The van der Waals surface area contributed by atoms with Gasteiger partial charge in [-0.2, -0.15) is 0 Å². The maximum absolute atomic E-state index is 6.02. The highest BCUT2D eigenvalue weighted by molar-refractivity contribution is 6.30. The molecule has 5 heteroatoms. The van der Waals surface area contributed by atoms with Crippen LogP contribution < -0.4 is 0 Å². The normalized spacial score (nSPS) is 24.4. The van der Waals surface area contributed by atoms with Gasteiger partial charge in [0.25, 0.3) is 0 Å². The van der Waals surface area contributed by atoms with Crippen LogP contribution in [0, 0.1) is 11.8 Å². The summed E-state index contributed by atoms with van der Waals surface area (Å²) in [7, 11) is 0. The summed E-state index contributed by atoms with van der Waals surface area (Å²) in [5, 5.41) is 9.10. The Bertz CT molecular complexity index is 632. The summed E-state index contributed by atoms with van der Waals surface area (Å²) < 4.78 is 5.89. The number of rotatable bonds is 3. The van der Waals surface area contributed by atoms with Crippen LogP contribution in [0.15, 0.2) is 28.7 Å². The van der Waals surface area contributed by atoms with Crippen molar-refractivity contribution in [1.29, 1.82) is 0 Å². The van der Waals surface area contributed by atoms with Gasteiger partial charge in [-0.1, -0.05) is 31.5 Å². The van der Waals surface area contributed by atoms with E-state index in [1.54, 1.807) is 0 Å². The zero-order chi connectivity index (χ0) is 15.7. The van der Waals surface area contributed by atoms with Crippen LogP contribution in [0.5, 0.6) is 0 Å². The van der Waals surface area contributed by atoms with Crippen LogP contribution in [0.2, 0.25) is 5.02 Å². The van der Waals surface area contributed by atoms with Crippen molar-refractivity contribution in [3.05, 3.63) is 35.2 Å². The second-order valence-corrected chi connectivity index (χ2v) is 6.97. The molecule has 1 fully saturated rings. The topological polar surface area (TPSA) is 42.2 Å². The van der Waals surface area contributed by atoms with Gasteiger partial charge in [-0.3, -0.25) is 4.90 Å². The molecule has 1 aromatic carbocycles. The average molecular weight is 320 g/mol. The molecule has 0 amide bonds. The highest BCUT2D eigenvalue weighted by Crippen LogP contribution is 2.30. The molecule has 1 aliphatic rings. The highest BCUT2D eigenvalue weighted by Gasteiger charge is 2.28. The molecule has 4 nitrogen and oxygen atoms in total. The quantitative estimate of drug-likeness (QED) is 0.839. The first-order chi connectivity index (χ1) is 10.5. The van der Waals surface area contributed by atoms with Gasteiger partial charge in [-0.25, -0.2) is 0 Å². The fraction of sp³-hybridized carbons (Fsp3) is 0.529. The first-order valence-corrected chi connectivity index (χ1v) is 8.24. The van der Waals surface area contributed by atoms with Crippen molar-refractivity contribution in [2.75, 3.05) is 13.1 Å². The maximum atomic E-state index is 6.02. The number of benzene rings is 1. The second-order valence-electron chi connectivity index (χ2n) is 6.53. The minimum absolute atomic E-state index is 0.144. The molecule has 1 saturated heterocycles. The molecule has 2 heterocycles. The minimum atomic E-state index is 0.144. The van der Waals surface area contributed by atoms with E-state index in [0.717, 1.165) is 18.7 Å². The molecule has 0 unspecified atom stereocenters. The van der Waals surface area contributed by atoms with E-state index < -0.39 is 0 Å². The third-order valence-electron chi connectivity index (χ3n) is 4.31. The third-order valence-corrected chi connectivity index (χ3v) is 4.55. The Morgan fingerprint density at radius 1 is 1.23 bits per heavy atom. The number of nitrogens with zero attached hydrogens (tertiary/aromatic N) is 3. The Hall–Kier alpha value is -1.39. The number of aromatic nitrogens is 2. The molecule has 22 heavy (non-hydrogen) atoms. The number of likely N-dealkylation sites (tertiary alicyclic amines) is 1. The predicted octanol–water partition coefficient (Wildman–Crippen LogP) is 4.43. The van der Waals surface area contributed by atoms with E-state index in [1.807, 2.05) is 24.3 Å². The summed E-state index contributed by atoms with van der Waals surface area (Å²) in [4.78, 5) is 2.44. The fourth-order valence-corrected chi connectivity index (χ4v) is 3.52. The SMILES string of the molecule is C[C@@H]1C[C@H](C)CN([C@@H](C)c2nnc(-c3cccc(Cl)c3)o2)C1. The van der Waals surface area contributed by atoms with E-state index in [9.17, 15) is 0 Å². The predicted molar refractivity (Wildman–Crippen MR) is 87.7 cm³/mol. The van der Waals surface area contributed by atoms with E-state index in [-0.39, 0.29) is 6.04 Å². The summed E-state index contributed by atoms with van der Waals surface area (Å²) in [6, 6.07) is 7.64. The van der Waals surface area contributed by atoms with Crippen molar-refractivity contribution in [2.24, 2.45) is 11.8 Å². The van der Waals surface area contributed by atoms with Gasteiger partial charge in [-0.15, -0.1) is 10.2 Å². The molecule has 0 aliphatic carbocycles. The molecule has 0 spiro atoms. The summed E-state index contributed by atoms with van der Waals surface area (Å²) >= 11 is 6.02. The molecule has 1 aromatic heterocycles. The number of hydrogen-bond acceptors (Lipinski definition) is 4. The summed E-state index contributed by atoms with van der Waals surface area (Å²) in [5.41, 5.74) is 0.860. The molecule has 0 saturated carbocycles. The minimum Gasteiger partial charge on any atom is -0.419 e. The molecule has 3 atom stereocenters. The largest absolute Gasteiger partial charge is 0.419 e. The molecule has 0 bridgehead atoms. The molecule has 2 aromatic rings. The van der Waals surface area contributed by atoms with Gasteiger partial charge in [0.05, 0.1) is 6.04 Å². The van der Waals surface area contributed by atoms with Gasteiger partial charge in [0.15, 0.2) is 0 Å². The van der Waals surface area contributed by atoms with Gasteiger partial charge >= 0.3 is 0 Å². The number of piperidine rings is 1. The van der Waals surface area contributed by atoms with Crippen LogP contribution in [0.4, 0.5) is 0 Å². The van der Waals surface area contributed by atoms with Crippen LogP contribution >= 0.6 is 11.6 Å². The van der Waals surface area contributed by atoms with Crippen LogP contribution in [-0.4, -0.2) is 28.2 Å². The van der Waals surface area contributed by atoms with Crippen LogP contribution in [0.1, 0.15) is 39.1 Å². The van der Waals surface area contributed by atoms with Gasteiger partial charge in [-0.05, 0) is 43.4 Å². The summed E-state index contributed by atoms with van der Waals surface area (Å²) in [6.45, 7) is 8.92. The first-order valence-electron chi connectivity index (χ1n) is 7.86. The smallest absolute Gasteiger partial charge is 0.247 e. The van der Waals surface area contributed by atoms with Gasteiger partial charge in [0.1, 0.15) is 0 Å². The van der Waals surface area contributed by atoms with E-state index in [4.69, 9.17) is 16.0 Å². The lowest BCUT2D eigenvalue weighted by atomic mass is 9.91. The Morgan fingerprint density at radius 2 is 1.95 bits per heavy atom. The van der Waals surface area contributed by atoms with Crippen molar-refractivity contribution < 1.29 is 4.42 Å². The Kier molecular flexibility index (Phi) is 4.50. The van der Waals surface area contributed by atoms with Crippen LogP contribution in [0.25, 0.3) is 11.5 Å². The summed E-state index contributed by atoms with van der Waals surface area (Å²) in [5.74, 6) is 2.63. The van der Waals surface area contributed by atoms with Crippen molar-refractivity contribution in [2.45, 2.75) is 33.2 Å². The van der Waals surface area contributed by atoms with Crippen molar-refractivity contribution >= 4 is 11.6 Å². The lowest BCUT2D eigenvalue weighted by Crippen LogP contribution is -2.40. The van der Waals surface area contributed by atoms with Crippen molar-refractivity contribution in [3.8, 4) is 11.5 Å². The number of hydrogen-bond donors (Lipinski definition) is 0. The Balaban J connectivity index is 1.78. The monoisotopic (exact) mass is 319 g/mol. The lowest BCUT2D eigenvalue weighted by Gasteiger charge is -2.37. The van der Waals surface area contributed by atoms with Gasteiger partial charge < -0.3 is 4.42 Å². The maximum Gasteiger partial charge on any atom is 0.247 e. The van der Waals surface area contributed by atoms with Gasteiger partial charge in [0, 0.05) is 23.7 Å². The fourth-order valence-electron chi connectivity index (χ4n) is 3.33. The van der Waals surface area contributed by atoms with E-state index in [0.29, 0.717) is 28.6 Å². The molecule has 3 rings (SSSR count). The third kappa shape index (κ3) is 3.33. The molecular weight excluding hydrogens is 298 g/mol. The highest BCUT2D eigenvalue weighted by atomic mass is 35.5. The Morgan fingerprint density at radius 3 is 2.64 bits per heavy atom. The molecular formula is C17H22ClN3O. The van der Waals surface area contributed by atoms with Crippen molar-refractivity contribution in [3.63, 3.8) is 0 Å². The molecule has 118 valence electrons. The standard InChI is InChI=1S/C17H22ClN3O/c1-11-7-12(2)10-21(9-11)13(3)16-19-20-17(22-16)14-5-4-6-15(18)8-14/h4-6,8,11-13H,7,9-10H2,1-3H3/t11-,12+,13-/m0/s1. The van der Waals surface area contributed by atoms with Gasteiger partial charge in [0.2, 0.25) is 11.8 Å². The molecule has 1 aliphatic heterocycles. The first kappa shape index (κ1) is 15.5. The second kappa shape index (κ2) is 6.39.